The highest BCUT2D eigenvalue weighted by Crippen LogP contribution is 2.41. The fourth-order valence-corrected chi connectivity index (χ4v) is 4.42. The summed E-state index contributed by atoms with van der Waals surface area (Å²) in [6.07, 6.45) is 2.27. The summed E-state index contributed by atoms with van der Waals surface area (Å²) in [5.41, 5.74) is 9.30. The van der Waals surface area contributed by atoms with Crippen molar-refractivity contribution in [2.45, 2.75) is 33.1 Å². The van der Waals surface area contributed by atoms with Crippen molar-refractivity contribution in [2.75, 3.05) is 11.1 Å². The molecule has 1 aromatic heterocycles. The SMILES string of the molecule is CCc1cccc(C)c1NC(=O)C1=C(C)NC(SCC(N)=O)=C(C#N)[C@H]1c1ccco1. The van der Waals surface area contributed by atoms with Crippen LogP contribution in [0, 0.1) is 18.3 Å². The number of aryl methyl sites for hydroxylation is 2. The molecule has 0 saturated heterocycles. The Labute approximate surface area is 185 Å². The largest absolute Gasteiger partial charge is 0.468 e. The van der Waals surface area contributed by atoms with Crippen molar-refractivity contribution >= 4 is 29.3 Å². The Kier molecular flexibility index (Phi) is 6.88. The Bertz CT molecular complexity index is 1110. The molecule has 0 spiro atoms. The van der Waals surface area contributed by atoms with Gasteiger partial charge in [-0.25, -0.2) is 0 Å². The monoisotopic (exact) mass is 436 g/mol. The number of furan rings is 1. The summed E-state index contributed by atoms with van der Waals surface area (Å²) in [6.45, 7) is 5.74. The molecular weight excluding hydrogens is 412 g/mol. The second-order valence-corrected chi connectivity index (χ2v) is 8.12. The molecule has 2 aromatic rings. The van der Waals surface area contributed by atoms with Crippen molar-refractivity contribution in [3.05, 3.63) is 75.4 Å². The van der Waals surface area contributed by atoms with Crippen molar-refractivity contribution in [3.8, 4) is 6.07 Å². The first-order valence-corrected chi connectivity index (χ1v) is 10.8. The lowest BCUT2D eigenvalue weighted by Gasteiger charge is -2.28. The molecule has 1 aromatic carbocycles. The number of nitrogens with one attached hydrogen (secondary N) is 2. The summed E-state index contributed by atoms with van der Waals surface area (Å²) in [5, 5.41) is 16.6. The van der Waals surface area contributed by atoms with E-state index in [4.69, 9.17) is 10.2 Å². The number of nitrogens with two attached hydrogens (primary N) is 1. The molecule has 31 heavy (non-hydrogen) atoms. The topological polar surface area (TPSA) is 121 Å². The lowest BCUT2D eigenvalue weighted by molar-refractivity contribution is -0.115. The number of hydrogen-bond acceptors (Lipinski definition) is 6. The number of allylic oxidation sites excluding steroid dienone is 2. The lowest BCUT2D eigenvalue weighted by atomic mass is 9.85. The Morgan fingerprint density at radius 3 is 2.68 bits per heavy atom. The van der Waals surface area contributed by atoms with Gasteiger partial charge in [0.15, 0.2) is 0 Å². The molecule has 160 valence electrons. The molecule has 8 heteroatoms. The molecule has 0 fully saturated rings. The fourth-order valence-electron chi connectivity index (χ4n) is 3.59. The van der Waals surface area contributed by atoms with Crippen LogP contribution in [0.1, 0.15) is 36.7 Å². The molecule has 7 nitrogen and oxygen atoms in total. The molecule has 0 saturated carbocycles. The van der Waals surface area contributed by atoms with Gasteiger partial charge < -0.3 is 20.8 Å². The molecule has 1 aliphatic rings. The maximum atomic E-state index is 13.5. The van der Waals surface area contributed by atoms with E-state index >= 15 is 0 Å². The van der Waals surface area contributed by atoms with Crippen LogP contribution in [0.15, 0.2) is 62.9 Å². The normalized spacial score (nSPS) is 16.0. The average molecular weight is 437 g/mol. The number of dihydropyridines is 1. The van der Waals surface area contributed by atoms with Crippen molar-refractivity contribution in [3.63, 3.8) is 0 Å². The van der Waals surface area contributed by atoms with Gasteiger partial charge in [-0.15, -0.1) is 0 Å². The summed E-state index contributed by atoms with van der Waals surface area (Å²) in [7, 11) is 0. The molecule has 1 aliphatic heterocycles. The van der Waals surface area contributed by atoms with Crippen LogP contribution < -0.4 is 16.4 Å². The number of nitrogens with zero attached hydrogens (tertiary/aromatic N) is 1. The highest BCUT2D eigenvalue weighted by atomic mass is 32.2. The molecule has 2 amide bonds. The molecule has 2 heterocycles. The lowest BCUT2D eigenvalue weighted by Crippen LogP contribution is -2.31. The van der Waals surface area contributed by atoms with E-state index in [2.05, 4.69) is 16.7 Å². The zero-order chi connectivity index (χ0) is 22.5. The van der Waals surface area contributed by atoms with E-state index in [-0.39, 0.29) is 11.7 Å². The van der Waals surface area contributed by atoms with Crippen LogP contribution in [0.3, 0.4) is 0 Å². The third kappa shape index (κ3) is 4.67. The number of nitriles is 1. The number of carbonyl (C=O) groups excluding carboxylic acids is 2. The molecule has 1 atom stereocenters. The third-order valence-corrected chi connectivity index (χ3v) is 6.10. The van der Waals surface area contributed by atoms with Crippen LogP contribution in [0.5, 0.6) is 0 Å². The summed E-state index contributed by atoms with van der Waals surface area (Å²) in [4.78, 5) is 24.7. The molecule has 0 bridgehead atoms. The van der Waals surface area contributed by atoms with E-state index in [1.54, 1.807) is 19.1 Å². The maximum Gasteiger partial charge on any atom is 0.254 e. The number of rotatable bonds is 7. The van der Waals surface area contributed by atoms with Crippen LogP contribution in [-0.2, 0) is 16.0 Å². The standard InChI is InChI=1S/C23H24N4O3S/c1-4-15-8-5-7-13(2)21(15)27-22(29)19-14(3)26-23(31-12-18(25)28)16(11-24)20(19)17-9-6-10-30-17/h5-10,20,26H,4,12H2,1-3H3,(H2,25,28)(H,27,29)/t20-/m0/s1. The van der Waals surface area contributed by atoms with E-state index in [1.807, 2.05) is 32.0 Å². The van der Waals surface area contributed by atoms with Gasteiger partial charge in [-0.2, -0.15) is 5.26 Å². The van der Waals surface area contributed by atoms with Crippen LogP contribution in [-0.4, -0.2) is 17.6 Å². The smallest absolute Gasteiger partial charge is 0.254 e. The zero-order valence-corrected chi connectivity index (χ0v) is 18.4. The minimum atomic E-state index is -0.703. The highest BCUT2D eigenvalue weighted by molar-refractivity contribution is 8.03. The minimum Gasteiger partial charge on any atom is -0.468 e. The number of anilines is 1. The minimum absolute atomic E-state index is 0.0102. The van der Waals surface area contributed by atoms with E-state index in [0.717, 1.165) is 35.0 Å². The fraction of sp³-hybridized carbons (Fsp3) is 0.261. The number of para-hydroxylation sites is 1. The average Bonchev–Trinajstić information content (AvgIpc) is 3.27. The molecule has 0 unspecified atom stereocenters. The Hall–Kier alpha value is -3.44. The quantitative estimate of drug-likeness (QED) is 0.608. The molecule has 3 rings (SSSR count). The second-order valence-electron chi connectivity index (χ2n) is 7.14. The summed E-state index contributed by atoms with van der Waals surface area (Å²) in [5.74, 6) is -1.04. The molecule has 4 N–H and O–H groups in total. The number of carbonyl (C=O) groups is 2. The van der Waals surface area contributed by atoms with Crippen molar-refractivity contribution < 1.29 is 14.0 Å². The second kappa shape index (κ2) is 9.58. The van der Waals surface area contributed by atoms with E-state index in [1.165, 1.54) is 6.26 Å². The van der Waals surface area contributed by atoms with Gasteiger partial charge in [0.1, 0.15) is 5.76 Å². The van der Waals surface area contributed by atoms with Crippen molar-refractivity contribution in [2.24, 2.45) is 5.73 Å². The van der Waals surface area contributed by atoms with Gasteiger partial charge in [0, 0.05) is 11.4 Å². The third-order valence-electron chi connectivity index (χ3n) is 5.06. The van der Waals surface area contributed by atoms with Crippen LogP contribution in [0.25, 0.3) is 0 Å². The van der Waals surface area contributed by atoms with Crippen LogP contribution in [0.2, 0.25) is 0 Å². The van der Waals surface area contributed by atoms with E-state index in [0.29, 0.717) is 27.6 Å². The first-order valence-electron chi connectivity index (χ1n) is 9.83. The Morgan fingerprint density at radius 1 is 1.29 bits per heavy atom. The summed E-state index contributed by atoms with van der Waals surface area (Å²) in [6, 6.07) is 11.5. The molecular formula is C23H24N4O3S. The molecule has 0 aliphatic carbocycles. The van der Waals surface area contributed by atoms with E-state index in [9.17, 15) is 14.9 Å². The number of thioether (sulfide) groups is 1. The number of primary amides is 1. The van der Waals surface area contributed by atoms with Gasteiger partial charge in [-0.05, 0) is 43.5 Å². The van der Waals surface area contributed by atoms with Crippen molar-refractivity contribution in [1.82, 2.24) is 5.32 Å². The predicted molar refractivity (Wildman–Crippen MR) is 121 cm³/mol. The summed E-state index contributed by atoms with van der Waals surface area (Å²) >= 11 is 1.13. The molecule has 0 radical (unpaired) electrons. The van der Waals surface area contributed by atoms with Crippen LogP contribution in [0.4, 0.5) is 5.69 Å². The zero-order valence-electron chi connectivity index (χ0n) is 17.6. The Morgan fingerprint density at radius 2 is 2.06 bits per heavy atom. The maximum absolute atomic E-state index is 13.5. The highest BCUT2D eigenvalue weighted by Gasteiger charge is 2.36. The van der Waals surface area contributed by atoms with Gasteiger partial charge in [0.25, 0.3) is 5.91 Å². The van der Waals surface area contributed by atoms with Gasteiger partial charge in [-0.1, -0.05) is 36.9 Å². The number of benzene rings is 1. The van der Waals surface area contributed by atoms with Crippen LogP contribution >= 0.6 is 11.8 Å². The van der Waals surface area contributed by atoms with Gasteiger partial charge >= 0.3 is 0 Å². The van der Waals surface area contributed by atoms with Gasteiger partial charge in [-0.3, -0.25) is 9.59 Å². The first-order chi connectivity index (χ1) is 14.9. The summed E-state index contributed by atoms with van der Waals surface area (Å²) < 4.78 is 5.60. The number of hydrogen-bond donors (Lipinski definition) is 3. The van der Waals surface area contributed by atoms with Gasteiger partial charge in [0.05, 0.1) is 40.2 Å². The number of amides is 2. The van der Waals surface area contributed by atoms with Gasteiger partial charge in [0.2, 0.25) is 5.91 Å². The van der Waals surface area contributed by atoms with Crippen molar-refractivity contribution in [1.29, 1.82) is 5.26 Å². The van der Waals surface area contributed by atoms with E-state index < -0.39 is 11.8 Å². The Balaban J connectivity index is 2.04. The predicted octanol–water partition coefficient (Wildman–Crippen LogP) is 3.70. The first kappa shape index (κ1) is 22.2.